The molecule has 0 aliphatic carbocycles. The molecule has 3 rings (SSSR count). The molecule has 3 N–H and O–H groups in total. The van der Waals surface area contributed by atoms with Gasteiger partial charge in [-0.3, -0.25) is 14.7 Å². The zero-order valence-electron chi connectivity index (χ0n) is 15.8. The van der Waals surface area contributed by atoms with Gasteiger partial charge in [0.2, 0.25) is 5.91 Å². The van der Waals surface area contributed by atoms with Crippen LogP contribution in [-0.2, 0) is 17.9 Å². The maximum Gasteiger partial charge on any atom is 0.223 e. The van der Waals surface area contributed by atoms with Crippen molar-refractivity contribution in [3.63, 3.8) is 0 Å². The van der Waals surface area contributed by atoms with E-state index in [1.165, 1.54) is 30.5 Å². The van der Waals surface area contributed by atoms with Crippen LogP contribution in [0.1, 0.15) is 43.7 Å². The number of likely N-dealkylation sites (tertiary alicyclic amines) is 1. The molecule has 0 aromatic heterocycles. The molecule has 6 heteroatoms. The van der Waals surface area contributed by atoms with Crippen molar-refractivity contribution in [3.8, 4) is 0 Å². The summed E-state index contributed by atoms with van der Waals surface area (Å²) in [7, 11) is 0. The van der Waals surface area contributed by atoms with E-state index < -0.39 is 0 Å². The first-order valence-corrected chi connectivity index (χ1v) is 9.79. The Hall–Kier alpha value is -2.08. The van der Waals surface area contributed by atoms with Crippen molar-refractivity contribution < 1.29 is 4.79 Å². The maximum atomic E-state index is 12.4. The van der Waals surface area contributed by atoms with Gasteiger partial charge in [0.15, 0.2) is 5.96 Å². The normalized spacial score (nSPS) is 20.4. The fraction of sp³-hybridized carbons (Fsp3) is 0.600. The second-order valence-corrected chi connectivity index (χ2v) is 7.20. The minimum absolute atomic E-state index is 0.211. The lowest BCUT2D eigenvalue weighted by Crippen LogP contribution is -2.36. The van der Waals surface area contributed by atoms with E-state index >= 15 is 0 Å². The first kappa shape index (κ1) is 18.7. The number of amides is 1. The van der Waals surface area contributed by atoms with Crippen LogP contribution in [0.5, 0.6) is 0 Å². The highest BCUT2D eigenvalue weighted by Crippen LogP contribution is 2.22. The van der Waals surface area contributed by atoms with E-state index in [2.05, 4.69) is 34.3 Å². The van der Waals surface area contributed by atoms with Crippen molar-refractivity contribution in [1.82, 2.24) is 15.1 Å². The Morgan fingerprint density at radius 2 is 2.04 bits per heavy atom. The van der Waals surface area contributed by atoms with E-state index in [9.17, 15) is 4.79 Å². The molecule has 6 nitrogen and oxygen atoms in total. The third kappa shape index (κ3) is 4.75. The van der Waals surface area contributed by atoms with Gasteiger partial charge < -0.3 is 16.0 Å². The summed E-state index contributed by atoms with van der Waals surface area (Å²) in [6, 6.07) is 8.80. The zero-order valence-corrected chi connectivity index (χ0v) is 15.8. The number of aliphatic imine (C=N–C) groups is 1. The molecule has 2 aliphatic rings. The number of hydrogen-bond donors (Lipinski definition) is 2. The Morgan fingerprint density at radius 3 is 2.73 bits per heavy atom. The minimum Gasteiger partial charge on any atom is -0.370 e. The monoisotopic (exact) mass is 357 g/mol. The lowest BCUT2D eigenvalue weighted by Gasteiger charge is -2.21. The van der Waals surface area contributed by atoms with Gasteiger partial charge in [-0.25, -0.2) is 0 Å². The van der Waals surface area contributed by atoms with Gasteiger partial charge in [0.1, 0.15) is 0 Å². The first-order valence-electron chi connectivity index (χ1n) is 9.79. The summed E-state index contributed by atoms with van der Waals surface area (Å²) in [5.41, 5.74) is 8.49. The summed E-state index contributed by atoms with van der Waals surface area (Å²) in [6.07, 6.45) is 3.77. The fourth-order valence-corrected chi connectivity index (χ4v) is 3.90. The van der Waals surface area contributed by atoms with Gasteiger partial charge in [0, 0.05) is 32.1 Å². The molecule has 2 aliphatic heterocycles. The van der Waals surface area contributed by atoms with Gasteiger partial charge in [-0.05, 0) is 43.5 Å². The number of hydrogen-bond acceptors (Lipinski definition) is 3. The average molecular weight is 358 g/mol. The van der Waals surface area contributed by atoms with Gasteiger partial charge >= 0.3 is 0 Å². The highest BCUT2D eigenvalue weighted by Gasteiger charge is 2.23. The minimum atomic E-state index is 0.211. The number of nitrogens with one attached hydrogen (secondary N) is 1. The first-order chi connectivity index (χ1) is 12.7. The van der Waals surface area contributed by atoms with E-state index in [1.54, 1.807) is 0 Å². The molecule has 0 saturated carbocycles. The van der Waals surface area contributed by atoms with Crippen LogP contribution in [0.15, 0.2) is 29.3 Å². The Kier molecular flexibility index (Phi) is 6.50. The quantitative estimate of drug-likeness (QED) is 0.442. The van der Waals surface area contributed by atoms with Crippen molar-refractivity contribution in [1.29, 1.82) is 0 Å². The van der Waals surface area contributed by atoms with E-state index in [0.717, 1.165) is 32.6 Å². The summed E-state index contributed by atoms with van der Waals surface area (Å²) in [5.74, 6) is 0.706. The van der Waals surface area contributed by atoms with Crippen molar-refractivity contribution in [2.75, 3.05) is 26.2 Å². The Labute approximate surface area is 156 Å². The van der Waals surface area contributed by atoms with Crippen LogP contribution in [-0.4, -0.2) is 53.9 Å². The molecule has 1 aromatic rings. The molecule has 1 atom stereocenters. The molecule has 0 bridgehead atoms. The topological polar surface area (TPSA) is 74.0 Å². The summed E-state index contributed by atoms with van der Waals surface area (Å²) in [5, 5.41) is 3.14. The van der Waals surface area contributed by atoms with Crippen LogP contribution in [0.2, 0.25) is 0 Å². The van der Waals surface area contributed by atoms with Crippen LogP contribution < -0.4 is 11.1 Å². The van der Waals surface area contributed by atoms with Crippen molar-refractivity contribution in [2.24, 2.45) is 10.7 Å². The van der Waals surface area contributed by atoms with Gasteiger partial charge in [-0.15, -0.1) is 0 Å². The molecule has 1 fully saturated rings. The predicted octanol–water partition coefficient (Wildman–Crippen LogP) is 1.70. The molecule has 1 aromatic carbocycles. The van der Waals surface area contributed by atoms with Gasteiger partial charge in [-0.2, -0.15) is 0 Å². The maximum absolute atomic E-state index is 12.4. The number of likely N-dealkylation sites (N-methyl/N-ethyl adjacent to an activating group) is 1. The van der Waals surface area contributed by atoms with E-state index in [-0.39, 0.29) is 5.91 Å². The number of carbonyl (C=O) groups is 1. The summed E-state index contributed by atoms with van der Waals surface area (Å²) >= 11 is 0. The van der Waals surface area contributed by atoms with Crippen molar-refractivity contribution >= 4 is 11.9 Å². The number of rotatable bonds is 7. The van der Waals surface area contributed by atoms with E-state index in [4.69, 9.17) is 5.73 Å². The molecule has 142 valence electrons. The standard InChI is InChI=1S/C20H31N5O/c1-2-24-12-6-9-18(24)13-23-20(21)22-11-5-10-19(26)25-14-16-7-3-4-8-17(16)15-25/h3-4,7-8,18H,2,5-6,9-15H2,1H3,(H3,21,22,23). The molecule has 1 amide bonds. The van der Waals surface area contributed by atoms with Crippen molar-refractivity contribution in [3.05, 3.63) is 35.4 Å². The molecule has 1 unspecified atom stereocenters. The fourth-order valence-electron chi connectivity index (χ4n) is 3.90. The molecule has 1 saturated heterocycles. The van der Waals surface area contributed by atoms with Crippen LogP contribution in [0.4, 0.5) is 0 Å². The smallest absolute Gasteiger partial charge is 0.223 e. The number of carbonyl (C=O) groups excluding carboxylic acids is 1. The van der Waals surface area contributed by atoms with Crippen LogP contribution in [0.3, 0.4) is 0 Å². The lowest BCUT2D eigenvalue weighted by molar-refractivity contribution is -0.131. The highest BCUT2D eigenvalue weighted by molar-refractivity contribution is 5.78. The van der Waals surface area contributed by atoms with E-state index in [0.29, 0.717) is 25.0 Å². The van der Waals surface area contributed by atoms with Crippen LogP contribution in [0.25, 0.3) is 0 Å². The molecule has 0 spiro atoms. The van der Waals surface area contributed by atoms with Crippen molar-refractivity contribution in [2.45, 2.75) is 51.7 Å². The number of benzene rings is 1. The third-order valence-corrected chi connectivity index (χ3v) is 5.44. The Morgan fingerprint density at radius 1 is 1.31 bits per heavy atom. The summed E-state index contributed by atoms with van der Waals surface area (Å²) < 4.78 is 0. The number of fused-ring (bicyclic) bond motifs is 1. The lowest BCUT2D eigenvalue weighted by atomic mass is 10.1. The van der Waals surface area contributed by atoms with Gasteiger partial charge in [0.05, 0.1) is 6.54 Å². The number of nitrogens with two attached hydrogens (primary N) is 1. The second-order valence-electron chi connectivity index (χ2n) is 7.20. The number of guanidine groups is 1. The molecular formula is C20H31N5O. The number of nitrogens with zero attached hydrogens (tertiary/aromatic N) is 3. The SMILES string of the molecule is CCN1CCCC1CN=C(N)NCCCC(=O)N1Cc2ccccc2C1. The largest absolute Gasteiger partial charge is 0.370 e. The molecule has 26 heavy (non-hydrogen) atoms. The van der Waals surface area contributed by atoms with Crippen LogP contribution in [0, 0.1) is 0 Å². The highest BCUT2D eigenvalue weighted by atomic mass is 16.2. The molecular weight excluding hydrogens is 326 g/mol. The van der Waals surface area contributed by atoms with E-state index in [1.807, 2.05) is 17.0 Å². The summed E-state index contributed by atoms with van der Waals surface area (Å²) in [6.45, 7) is 7.37. The van der Waals surface area contributed by atoms with Gasteiger partial charge in [0.25, 0.3) is 0 Å². The van der Waals surface area contributed by atoms with Crippen LogP contribution >= 0.6 is 0 Å². The molecule has 2 heterocycles. The third-order valence-electron chi connectivity index (χ3n) is 5.44. The summed E-state index contributed by atoms with van der Waals surface area (Å²) in [4.78, 5) is 21.2. The predicted molar refractivity (Wildman–Crippen MR) is 105 cm³/mol. The Bertz CT molecular complexity index is 620. The average Bonchev–Trinajstić information content (AvgIpc) is 3.29. The molecule has 0 radical (unpaired) electrons. The van der Waals surface area contributed by atoms with Gasteiger partial charge in [-0.1, -0.05) is 31.2 Å². The Balaban J connectivity index is 1.32. The second kappa shape index (κ2) is 9.03. The zero-order chi connectivity index (χ0) is 18.4.